The average molecular weight is 278 g/mol. The second-order valence-corrected chi connectivity index (χ2v) is 4.87. The molecule has 0 saturated carbocycles. The van der Waals surface area contributed by atoms with Crippen molar-refractivity contribution in [3.8, 4) is 0 Å². The maximum absolute atomic E-state index is 12.3. The highest BCUT2D eigenvalue weighted by atomic mass is 16.2. The van der Waals surface area contributed by atoms with E-state index in [1.54, 1.807) is 18.3 Å². The third-order valence-electron chi connectivity index (χ3n) is 3.45. The van der Waals surface area contributed by atoms with Gasteiger partial charge in [0.25, 0.3) is 5.91 Å². The van der Waals surface area contributed by atoms with Crippen molar-refractivity contribution in [1.82, 2.24) is 4.57 Å². The molecule has 21 heavy (non-hydrogen) atoms. The van der Waals surface area contributed by atoms with Crippen LogP contribution in [0.4, 0.5) is 0 Å². The molecule has 0 aliphatic carbocycles. The molecule has 0 radical (unpaired) electrons. The van der Waals surface area contributed by atoms with Crippen LogP contribution in [0.3, 0.4) is 0 Å². The van der Waals surface area contributed by atoms with Crippen molar-refractivity contribution < 1.29 is 4.79 Å². The lowest BCUT2D eigenvalue weighted by molar-refractivity contribution is 0.0999. The number of pyridine rings is 1. The Morgan fingerprint density at radius 3 is 2.38 bits per heavy atom. The monoisotopic (exact) mass is 278 g/mol. The van der Waals surface area contributed by atoms with Gasteiger partial charge in [0.1, 0.15) is 5.56 Å². The zero-order chi connectivity index (χ0) is 14.8. The lowest BCUT2D eigenvalue weighted by atomic mass is 10.1. The number of nitrogens with two attached hydrogens (primary N) is 1. The summed E-state index contributed by atoms with van der Waals surface area (Å²) in [4.78, 5) is 23.7. The number of amides is 1. The summed E-state index contributed by atoms with van der Waals surface area (Å²) < 4.78 is 1.88. The van der Waals surface area contributed by atoms with E-state index in [0.29, 0.717) is 11.9 Å². The van der Waals surface area contributed by atoms with Crippen LogP contribution in [-0.2, 0) is 6.54 Å². The van der Waals surface area contributed by atoms with Crippen LogP contribution in [0.5, 0.6) is 0 Å². The Morgan fingerprint density at radius 1 is 1.00 bits per heavy atom. The molecule has 4 nitrogen and oxygen atoms in total. The quantitative estimate of drug-likeness (QED) is 0.797. The van der Waals surface area contributed by atoms with Crippen LogP contribution in [0, 0.1) is 0 Å². The fraction of sp³-hybridized carbons (Fsp3) is 0.0588. The number of para-hydroxylation sites is 1. The molecule has 3 rings (SSSR count). The predicted molar refractivity (Wildman–Crippen MR) is 82.3 cm³/mol. The number of aromatic nitrogens is 1. The van der Waals surface area contributed by atoms with Gasteiger partial charge in [0.05, 0.1) is 5.52 Å². The van der Waals surface area contributed by atoms with Crippen LogP contribution in [0.1, 0.15) is 15.9 Å². The van der Waals surface area contributed by atoms with Gasteiger partial charge in [-0.2, -0.15) is 0 Å². The van der Waals surface area contributed by atoms with E-state index < -0.39 is 5.91 Å². The van der Waals surface area contributed by atoms with E-state index in [9.17, 15) is 9.59 Å². The zero-order valence-corrected chi connectivity index (χ0v) is 11.3. The zero-order valence-electron chi connectivity index (χ0n) is 11.3. The lowest BCUT2D eigenvalue weighted by Gasteiger charge is -2.12. The molecular formula is C17H14N2O2. The van der Waals surface area contributed by atoms with Crippen LogP contribution >= 0.6 is 0 Å². The third-order valence-corrected chi connectivity index (χ3v) is 3.45. The van der Waals surface area contributed by atoms with Crippen molar-refractivity contribution in [2.45, 2.75) is 6.54 Å². The number of benzene rings is 2. The van der Waals surface area contributed by atoms with Crippen LogP contribution in [-0.4, -0.2) is 10.5 Å². The molecule has 1 heterocycles. The van der Waals surface area contributed by atoms with Crippen molar-refractivity contribution in [3.05, 3.63) is 82.1 Å². The number of fused-ring (bicyclic) bond motifs is 1. The van der Waals surface area contributed by atoms with Crippen LogP contribution < -0.4 is 11.2 Å². The second-order valence-electron chi connectivity index (χ2n) is 4.87. The number of hydrogen-bond acceptors (Lipinski definition) is 2. The van der Waals surface area contributed by atoms with Gasteiger partial charge in [0, 0.05) is 18.1 Å². The Bertz CT molecular complexity index is 867. The number of carbonyl (C=O) groups excluding carboxylic acids is 1. The molecular weight excluding hydrogens is 264 g/mol. The highest BCUT2D eigenvalue weighted by molar-refractivity contribution is 5.96. The fourth-order valence-corrected chi connectivity index (χ4v) is 2.43. The van der Waals surface area contributed by atoms with Gasteiger partial charge in [-0.1, -0.05) is 42.5 Å². The summed E-state index contributed by atoms with van der Waals surface area (Å²) >= 11 is 0. The van der Waals surface area contributed by atoms with Gasteiger partial charge < -0.3 is 10.3 Å². The molecule has 1 amide bonds. The Hall–Kier alpha value is -2.88. The first-order chi connectivity index (χ1) is 10.2. The molecule has 0 aliphatic rings. The van der Waals surface area contributed by atoms with Gasteiger partial charge in [0.15, 0.2) is 0 Å². The molecule has 0 aliphatic heterocycles. The molecule has 2 aromatic carbocycles. The number of nitrogens with zero attached hydrogens (tertiary/aromatic N) is 1. The van der Waals surface area contributed by atoms with Crippen molar-refractivity contribution in [3.63, 3.8) is 0 Å². The van der Waals surface area contributed by atoms with E-state index in [2.05, 4.69) is 0 Å². The molecule has 104 valence electrons. The van der Waals surface area contributed by atoms with Gasteiger partial charge in [0.2, 0.25) is 5.43 Å². The highest BCUT2D eigenvalue weighted by Gasteiger charge is 2.12. The molecule has 0 unspecified atom stereocenters. The van der Waals surface area contributed by atoms with Gasteiger partial charge in [-0.05, 0) is 17.7 Å². The molecule has 1 aromatic heterocycles. The van der Waals surface area contributed by atoms with Crippen molar-refractivity contribution in [2.75, 3.05) is 0 Å². The molecule has 0 saturated heterocycles. The number of primary amides is 1. The largest absolute Gasteiger partial charge is 0.365 e. The summed E-state index contributed by atoms with van der Waals surface area (Å²) in [6.07, 6.45) is 1.54. The Kier molecular flexibility index (Phi) is 3.28. The van der Waals surface area contributed by atoms with Crippen LogP contribution in [0.2, 0.25) is 0 Å². The third kappa shape index (κ3) is 2.43. The van der Waals surface area contributed by atoms with E-state index >= 15 is 0 Å². The molecule has 0 fully saturated rings. The highest BCUT2D eigenvalue weighted by Crippen LogP contribution is 2.14. The maximum atomic E-state index is 12.3. The SMILES string of the molecule is NC(=O)c1cn(Cc2ccccc2)c2ccccc2c1=O. The number of carbonyl (C=O) groups is 1. The summed E-state index contributed by atoms with van der Waals surface area (Å²) in [6, 6.07) is 17.1. The lowest BCUT2D eigenvalue weighted by Crippen LogP contribution is -2.24. The van der Waals surface area contributed by atoms with Crippen molar-refractivity contribution in [1.29, 1.82) is 0 Å². The molecule has 2 N–H and O–H groups in total. The summed E-state index contributed by atoms with van der Waals surface area (Å²) in [5, 5.41) is 0.504. The van der Waals surface area contributed by atoms with Gasteiger partial charge in [-0.15, -0.1) is 0 Å². The fourth-order valence-electron chi connectivity index (χ4n) is 2.43. The van der Waals surface area contributed by atoms with E-state index in [-0.39, 0.29) is 11.0 Å². The first-order valence-electron chi connectivity index (χ1n) is 6.63. The van der Waals surface area contributed by atoms with E-state index in [0.717, 1.165) is 11.1 Å². The first-order valence-corrected chi connectivity index (χ1v) is 6.63. The van der Waals surface area contributed by atoms with E-state index in [4.69, 9.17) is 5.73 Å². The minimum absolute atomic E-state index is 0.0182. The Balaban J connectivity index is 2.24. The molecule has 0 atom stereocenters. The van der Waals surface area contributed by atoms with Gasteiger partial charge in [-0.3, -0.25) is 9.59 Å². The first kappa shape index (κ1) is 13.1. The number of hydrogen-bond donors (Lipinski definition) is 1. The van der Waals surface area contributed by atoms with Crippen LogP contribution in [0.25, 0.3) is 10.9 Å². The molecule has 0 spiro atoms. The van der Waals surface area contributed by atoms with E-state index in [1.807, 2.05) is 47.0 Å². The smallest absolute Gasteiger partial charge is 0.254 e. The van der Waals surface area contributed by atoms with Gasteiger partial charge >= 0.3 is 0 Å². The van der Waals surface area contributed by atoms with Crippen LogP contribution in [0.15, 0.2) is 65.6 Å². The molecule has 4 heteroatoms. The van der Waals surface area contributed by atoms with Gasteiger partial charge in [-0.25, -0.2) is 0 Å². The summed E-state index contributed by atoms with van der Waals surface area (Å²) in [5.74, 6) is -0.701. The van der Waals surface area contributed by atoms with E-state index in [1.165, 1.54) is 0 Å². The average Bonchev–Trinajstić information content (AvgIpc) is 2.51. The molecule has 0 bridgehead atoms. The summed E-state index contributed by atoms with van der Waals surface area (Å²) in [7, 11) is 0. The van der Waals surface area contributed by atoms with Crippen molar-refractivity contribution >= 4 is 16.8 Å². The number of rotatable bonds is 3. The maximum Gasteiger partial charge on any atom is 0.254 e. The normalized spacial score (nSPS) is 10.7. The Morgan fingerprint density at radius 2 is 1.67 bits per heavy atom. The summed E-state index contributed by atoms with van der Waals surface area (Å²) in [5.41, 5.74) is 6.89. The standard InChI is InChI=1S/C17H14N2O2/c18-17(21)14-11-19(10-12-6-2-1-3-7-12)15-9-5-4-8-13(15)16(14)20/h1-9,11H,10H2,(H2,18,21). The Labute approximate surface area is 121 Å². The van der Waals surface area contributed by atoms with Crippen molar-refractivity contribution in [2.24, 2.45) is 5.73 Å². The topological polar surface area (TPSA) is 65.1 Å². The minimum atomic E-state index is -0.701. The summed E-state index contributed by atoms with van der Waals surface area (Å²) in [6.45, 7) is 0.571. The minimum Gasteiger partial charge on any atom is -0.365 e. The molecule has 3 aromatic rings. The second kappa shape index (κ2) is 5.25. The predicted octanol–water partition coefficient (Wildman–Crippen LogP) is 2.15.